The Morgan fingerprint density at radius 1 is 0.463 bits per heavy atom. The van der Waals surface area contributed by atoms with Crippen molar-refractivity contribution >= 4 is 43.6 Å². The highest BCUT2D eigenvalue weighted by Crippen LogP contribution is 2.34. The molecular formula is C55H82N12O12S. The highest BCUT2D eigenvalue weighted by molar-refractivity contribution is 7.85. The molecule has 6 saturated carbocycles. The van der Waals surface area contributed by atoms with Crippen molar-refractivity contribution in [2.75, 3.05) is 34.2 Å². The number of fused-ring (bicyclic) bond motifs is 3. The van der Waals surface area contributed by atoms with Crippen molar-refractivity contribution in [2.24, 2.45) is 56.7 Å². The number of aryl methyl sites for hydroxylation is 3. The van der Waals surface area contributed by atoms with Crippen LogP contribution in [-0.4, -0.2) is 117 Å². The molecule has 0 atom stereocenters. The minimum atomic E-state index is -3.27. The minimum Gasteiger partial charge on any atom is -0.381 e. The van der Waals surface area contributed by atoms with Crippen LogP contribution in [-0.2, 0) is 82.4 Å². The summed E-state index contributed by atoms with van der Waals surface area (Å²) in [6, 6.07) is 0. The Bertz CT molecular complexity index is 3440. The van der Waals surface area contributed by atoms with Crippen molar-refractivity contribution in [3.8, 4) is 0 Å². The molecule has 0 bridgehead atoms. The van der Waals surface area contributed by atoms with E-state index < -0.39 is 15.8 Å². The zero-order valence-electron chi connectivity index (χ0n) is 47.6. The van der Waals surface area contributed by atoms with Crippen LogP contribution in [0, 0.1) is 35.5 Å². The normalized spacial score (nSPS) is 23.3. The lowest BCUT2D eigenvalue weighted by Crippen LogP contribution is -2.41. The van der Waals surface area contributed by atoms with Gasteiger partial charge in [-0.05, 0) is 151 Å². The second-order valence-corrected chi connectivity index (χ2v) is 25.1. The van der Waals surface area contributed by atoms with Gasteiger partial charge in [0.2, 0.25) is 0 Å². The molecule has 0 spiro atoms. The lowest BCUT2D eigenvalue weighted by atomic mass is 9.87. The number of methoxy groups -OCH3 is 3. The quantitative estimate of drug-likeness (QED) is 0.134. The molecule has 6 fully saturated rings. The summed E-state index contributed by atoms with van der Waals surface area (Å²) in [5, 5.41) is 0. The summed E-state index contributed by atoms with van der Waals surface area (Å²) < 4.78 is 55.3. The first-order valence-corrected chi connectivity index (χ1v) is 30.5. The molecule has 1 N–H and O–H groups in total. The van der Waals surface area contributed by atoms with Crippen molar-refractivity contribution in [2.45, 2.75) is 167 Å². The standard InChI is InChI=1S/2C18H26N4O3.C10H12N4O2.C9H18O4S/c2*1-20-16-15(21(11-19-16)9-12-3-4-12)17(23)22(18(20)24)10-13-5-7-14(25-2)8-6-13;1-13-8-7(9(15)12-10(13)16)14(5-11-8)4-6-2-3-6;1-12-9-5-3-8(4-6-9)7-13-14(2,10)11/h2*11-14H,3-10H2,1-2H3;5-6H,2-4H2,1H3,(H,12,15,16);8-9H,3-7H2,1-2H3. The number of rotatable bonds is 16. The molecule has 0 aromatic carbocycles. The van der Waals surface area contributed by atoms with E-state index in [1.165, 1.54) is 61.4 Å². The molecule has 0 unspecified atom stereocenters. The van der Waals surface area contributed by atoms with Gasteiger partial charge in [0.05, 0.1) is 50.2 Å². The molecule has 6 aromatic heterocycles. The zero-order chi connectivity index (χ0) is 57.0. The van der Waals surface area contributed by atoms with E-state index in [-0.39, 0.29) is 28.1 Å². The second kappa shape index (κ2) is 25.6. The fraction of sp³-hybridized carbons (Fsp3) is 0.727. The van der Waals surface area contributed by atoms with Crippen LogP contribution in [0.2, 0.25) is 0 Å². The Labute approximate surface area is 464 Å². The van der Waals surface area contributed by atoms with Crippen LogP contribution in [0.4, 0.5) is 0 Å². The van der Waals surface area contributed by atoms with Crippen LogP contribution in [0.15, 0.2) is 47.7 Å². The number of imidazole rings is 3. The highest BCUT2D eigenvalue weighted by atomic mass is 32.2. The zero-order valence-corrected chi connectivity index (χ0v) is 48.4. The third kappa shape index (κ3) is 14.3. The lowest BCUT2D eigenvalue weighted by molar-refractivity contribution is 0.0488. The van der Waals surface area contributed by atoms with Crippen molar-refractivity contribution < 1.29 is 26.8 Å². The van der Waals surface area contributed by atoms with Crippen molar-refractivity contribution in [3.05, 3.63) is 81.5 Å². The van der Waals surface area contributed by atoms with E-state index in [0.29, 0.717) is 107 Å². The maximum atomic E-state index is 13.0. The molecule has 6 aliphatic rings. The number of aromatic nitrogens is 12. The topological polar surface area (TPSA) is 267 Å². The van der Waals surface area contributed by atoms with Gasteiger partial charge in [0.1, 0.15) is 0 Å². The van der Waals surface area contributed by atoms with Gasteiger partial charge in [-0.25, -0.2) is 29.3 Å². The van der Waals surface area contributed by atoms with Gasteiger partial charge in [0.15, 0.2) is 33.5 Å². The predicted octanol–water partition coefficient (Wildman–Crippen LogP) is 4.02. The van der Waals surface area contributed by atoms with Crippen LogP contribution in [0.5, 0.6) is 0 Å². The van der Waals surface area contributed by atoms with E-state index in [9.17, 15) is 37.2 Å². The summed E-state index contributed by atoms with van der Waals surface area (Å²) in [7, 11) is 6.96. The number of hydrogen-bond donors (Lipinski definition) is 1. The number of nitrogens with one attached hydrogen (secondary N) is 1. The monoisotopic (exact) mass is 1130 g/mol. The molecule has 0 aliphatic heterocycles. The smallest absolute Gasteiger partial charge is 0.332 e. The van der Waals surface area contributed by atoms with Gasteiger partial charge in [-0.15, -0.1) is 0 Å². The molecule has 25 heteroatoms. The molecule has 6 heterocycles. The van der Waals surface area contributed by atoms with E-state index in [0.717, 1.165) is 103 Å². The Morgan fingerprint density at radius 2 is 0.775 bits per heavy atom. The molecular weight excluding hydrogens is 1050 g/mol. The summed E-state index contributed by atoms with van der Waals surface area (Å²) >= 11 is 0. The average Bonchev–Trinajstić information content (AvgIpc) is 4.52. The molecule has 0 amide bonds. The van der Waals surface area contributed by atoms with Crippen molar-refractivity contribution in [1.29, 1.82) is 0 Å². The fourth-order valence-electron chi connectivity index (χ4n) is 11.7. The third-order valence-corrected chi connectivity index (χ3v) is 17.9. The van der Waals surface area contributed by atoms with Gasteiger partial charge >= 0.3 is 17.1 Å². The third-order valence-electron chi connectivity index (χ3n) is 17.3. The van der Waals surface area contributed by atoms with E-state index in [4.69, 9.17) is 18.4 Å². The Morgan fingerprint density at radius 3 is 1.11 bits per heavy atom. The molecule has 24 nitrogen and oxygen atoms in total. The first-order valence-electron chi connectivity index (χ1n) is 28.7. The largest absolute Gasteiger partial charge is 0.381 e. The number of ether oxygens (including phenoxy) is 3. The van der Waals surface area contributed by atoms with Crippen LogP contribution in [0.1, 0.15) is 116 Å². The summed E-state index contributed by atoms with van der Waals surface area (Å²) in [5.74, 6) is 3.03. The number of aromatic amines is 1. The van der Waals surface area contributed by atoms with Crippen LogP contribution >= 0.6 is 0 Å². The molecule has 0 radical (unpaired) electrons. The molecule has 440 valence electrons. The van der Waals surface area contributed by atoms with Crippen molar-refractivity contribution in [1.82, 2.24) is 56.5 Å². The van der Waals surface area contributed by atoms with Gasteiger partial charge in [0.25, 0.3) is 26.8 Å². The van der Waals surface area contributed by atoms with Gasteiger partial charge in [0, 0.05) is 75.2 Å². The average molecular weight is 1140 g/mol. The predicted molar refractivity (Wildman–Crippen MR) is 301 cm³/mol. The molecule has 0 saturated heterocycles. The summed E-state index contributed by atoms with van der Waals surface area (Å²) in [6.45, 7) is 3.78. The first kappa shape index (κ1) is 58.9. The summed E-state index contributed by atoms with van der Waals surface area (Å²) in [4.78, 5) is 89.6. The van der Waals surface area contributed by atoms with E-state index in [1.54, 1.807) is 61.5 Å². The molecule has 6 aromatic rings. The van der Waals surface area contributed by atoms with E-state index >= 15 is 0 Å². The molecule has 6 aliphatic carbocycles. The lowest BCUT2D eigenvalue weighted by Gasteiger charge is -2.27. The summed E-state index contributed by atoms with van der Waals surface area (Å²) in [6.07, 6.45) is 26.4. The Hall–Kier alpha value is -5.76. The number of hydrogen-bond acceptors (Lipinski definition) is 15. The van der Waals surface area contributed by atoms with Gasteiger partial charge in [-0.2, -0.15) is 8.42 Å². The second-order valence-electron chi connectivity index (χ2n) is 23.5. The highest BCUT2D eigenvalue weighted by Gasteiger charge is 2.30. The maximum Gasteiger partial charge on any atom is 0.332 e. The van der Waals surface area contributed by atoms with Crippen LogP contribution in [0.3, 0.4) is 0 Å². The number of nitrogens with zero attached hydrogens (tertiary/aromatic N) is 11. The van der Waals surface area contributed by atoms with Gasteiger partial charge < -0.3 is 27.9 Å². The van der Waals surface area contributed by atoms with Crippen LogP contribution in [0.25, 0.3) is 33.5 Å². The minimum absolute atomic E-state index is 0.190. The van der Waals surface area contributed by atoms with Gasteiger partial charge in [-0.1, -0.05) is 0 Å². The Kier molecular flexibility index (Phi) is 18.8. The Balaban J connectivity index is 0.000000133. The molecule has 80 heavy (non-hydrogen) atoms. The van der Waals surface area contributed by atoms with E-state index in [1.807, 2.05) is 13.7 Å². The summed E-state index contributed by atoms with van der Waals surface area (Å²) in [5.41, 5.74) is 1.40. The van der Waals surface area contributed by atoms with Gasteiger partial charge in [-0.3, -0.25) is 46.4 Å². The van der Waals surface area contributed by atoms with Crippen LogP contribution < -0.4 is 33.7 Å². The fourth-order valence-corrected chi connectivity index (χ4v) is 12.1. The molecule has 12 rings (SSSR count). The SMILES string of the molecule is COC1CCC(COS(C)(=O)=O)CC1.COC1CCC(Cn2c(=O)c3c(ncn3CC3CC3)n(C)c2=O)CC1.COC1CCC(Cn2c(=O)c3c(ncn3CC3CC3)n(C)c2=O)CC1.Cn1c(=O)[nH]c(=O)c2c1ncn2CC1CC1. The maximum absolute atomic E-state index is 13.0. The van der Waals surface area contributed by atoms with E-state index in [2.05, 4.69) is 19.9 Å². The first-order chi connectivity index (χ1) is 38.3. The van der Waals surface area contributed by atoms with Crippen molar-refractivity contribution in [3.63, 3.8) is 0 Å². The number of H-pyrrole nitrogens is 1.